The minimum absolute atomic E-state index is 0.275. The molecule has 2 rings (SSSR count). The largest absolute Gasteiger partial charge is 0.480 e. The highest BCUT2D eigenvalue weighted by Crippen LogP contribution is 2.29. The van der Waals surface area contributed by atoms with Gasteiger partial charge < -0.3 is 9.84 Å². The van der Waals surface area contributed by atoms with Crippen LogP contribution in [0.2, 0.25) is 0 Å². The summed E-state index contributed by atoms with van der Waals surface area (Å²) in [6.07, 6.45) is 0. The van der Waals surface area contributed by atoms with Crippen LogP contribution in [0.25, 0.3) is 0 Å². The molecule has 0 aromatic heterocycles. The Bertz CT molecular complexity index is 489. The van der Waals surface area contributed by atoms with Crippen LogP contribution in [0.15, 0.2) is 22.7 Å². The van der Waals surface area contributed by atoms with E-state index in [0.717, 1.165) is 5.56 Å². The second kappa shape index (κ2) is 5.56. The van der Waals surface area contributed by atoms with Crippen molar-refractivity contribution in [2.45, 2.75) is 19.1 Å². The van der Waals surface area contributed by atoms with Crippen molar-refractivity contribution in [2.24, 2.45) is 0 Å². The van der Waals surface area contributed by atoms with Gasteiger partial charge in [-0.1, -0.05) is 12.1 Å². The van der Waals surface area contributed by atoms with Crippen LogP contribution in [0.1, 0.15) is 12.5 Å². The molecule has 0 unspecified atom stereocenters. The third-order valence-corrected chi connectivity index (χ3v) is 3.97. The first-order valence-electron chi connectivity index (χ1n) is 5.91. The zero-order valence-corrected chi connectivity index (χ0v) is 12.1. The number of carboxylic acid groups (broad SMARTS) is 1. The highest BCUT2D eigenvalue weighted by atomic mass is 79.9. The molecular weight excluding hydrogens is 317 g/mol. The average Bonchev–Trinajstić information content (AvgIpc) is 2.30. The topological polar surface area (TPSA) is 49.8 Å². The van der Waals surface area contributed by atoms with Gasteiger partial charge in [0.25, 0.3) is 0 Å². The van der Waals surface area contributed by atoms with Crippen LogP contribution >= 0.6 is 15.9 Å². The maximum absolute atomic E-state index is 13.4. The van der Waals surface area contributed by atoms with E-state index >= 15 is 0 Å². The standard InChI is InChI=1S/C13H15BrFNO3/c1-13(19-6-11(17)18)7-16(8-13)5-9-3-2-4-10(15)12(9)14/h2-4H,5-8H2,1H3,(H,17,18). The lowest BCUT2D eigenvalue weighted by Gasteiger charge is -2.47. The quantitative estimate of drug-likeness (QED) is 0.899. The molecule has 1 heterocycles. The van der Waals surface area contributed by atoms with Gasteiger partial charge in [0.2, 0.25) is 0 Å². The van der Waals surface area contributed by atoms with Gasteiger partial charge in [0, 0.05) is 19.6 Å². The Labute approximate surface area is 119 Å². The fraction of sp³-hybridized carbons (Fsp3) is 0.462. The summed E-state index contributed by atoms with van der Waals surface area (Å²) in [6, 6.07) is 4.94. The van der Waals surface area contributed by atoms with Crippen molar-refractivity contribution < 1.29 is 19.0 Å². The lowest BCUT2D eigenvalue weighted by molar-refractivity contribution is -0.165. The molecule has 0 atom stereocenters. The molecule has 1 fully saturated rings. The number of carboxylic acids is 1. The van der Waals surface area contributed by atoms with Crippen LogP contribution < -0.4 is 0 Å². The van der Waals surface area contributed by atoms with Crippen LogP contribution in [-0.4, -0.2) is 41.3 Å². The SMILES string of the molecule is CC1(OCC(=O)O)CN(Cc2cccc(F)c2Br)C1. The molecule has 0 radical (unpaired) electrons. The summed E-state index contributed by atoms with van der Waals surface area (Å²) in [5.74, 6) is -1.24. The second-order valence-corrected chi connectivity index (χ2v) is 5.78. The number of ether oxygens (including phenoxy) is 1. The van der Waals surface area contributed by atoms with E-state index in [9.17, 15) is 9.18 Å². The third kappa shape index (κ3) is 3.52. The van der Waals surface area contributed by atoms with E-state index in [1.165, 1.54) is 6.07 Å². The number of benzene rings is 1. The lowest BCUT2D eigenvalue weighted by Crippen LogP contribution is -2.61. The number of aliphatic carboxylic acids is 1. The molecule has 1 N–H and O–H groups in total. The number of nitrogens with zero attached hydrogens (tertiary/aromatic N) is 1. The van der Waals surface area contributed by atoms with E-state index < -0.39 is 11.6 Å². The Morgan fingerprint density at radius 3 is 2.89 bits per heavy atom. The highest BCUT2D eigenvalue weighted by molar-refractivity contribution is 9.10. The molecule has 6 heteroatoms. The van der Waals surface area contributed by atoms with Gasteiger partial charge >= 0.3 is 5.97 Å². The number of rotatable bonds is 5. The van der Waals surface area contributed by atoms with Crippen molar-refractivity contribution in [1.82, 2.24) is 4.90 Å². The maximum atomic E-state index is 13.4. The van der Waals surface area contributed by atoms with Crippen molar-refractivity contribution >= 4 is 21.9 Å². The summed E-state index contributed by atoms with van der Waals surface area (Å²) in [7, 11) is 0. The van der Waals surface area contributed by atoms with Crippen LogP contribution in [0.3, 0.4) is 0 Å². The van der Waals surface area contributed by atoms with Crippen molar-refractivity contribution in [2.75, 3.05) is 19.7 Å². The van der Waals surface area contributed by atoms with Gasteiger partial charge in [-0.25, -0.2) is 9.18 Å². The first kappa shape index (κ1) is 14.4. The summed E-state index contributed by atoms with van der Waals surface area (Å²) in [6.45, 7) is 3.50. The zero-order valence-electron chi connectivity index (χ0n) is 10.5. The molecule has 0 aliphatic carbocycles. The smallest absolute Gasteiger partial charge is 0.329 e. The minimum atomic E-state index is -0.965. The Balaban J connectivity index is 1.87. The molecule has 4 nitrogen and oxygen atoms in total. The van der Waals surface area contributed by atoms with E-state index in [1.807, 2.05) is 13.0 Å². The van der Waals surface area contributed by atoms with Gasteiger partial charge in [-0.2, -0.15) is 0 Å². The Hall–Kier alpha value is -0.980. The van der Waals surface area contributed by atoms with Crippen molar-refractivity contribution in [3.8, 4) is 0 Å². The summed E-state index contributed by atoms with van der Waals surface area (Å²) in [4.78, 5) is 12.5. The number of hydrogen-bond acceptors (Lipinski definition) is 3. The molecule has 0 saturated carbocycles. The summed E-state index contributed by atoms with van der Waals surface area (Å²) in [5.41, 5.74) is 0.457. The monoisotopic (exact) mass is 331 g/mol. The molecule has 1 aliphatic heterocycles. The van der Waals surface area contributed by atoms with Gasteiger partial charge in [-0.15, -0.1) is 0 Å². The van der Waals surface area contributed by atoms with Crippen LogP contribution in [-0.2, 0) is 16.1 Å². The van der Waals surface area contributed by atoms with Crippen molar-refractivity contribution in [3.63, 3.8) is 0 Å². The Morgan fingerprint density at radius 2 is 2.26 bits per heavy atom. The highest BCUT2D eigenvalue weighted by Gasteiger charge is 2.40. The number of likely N-dealkylation sites (tertiary alicyclic amines) is 1. The lowest BCUT2D eigenvalue weighted by atomic mass is 9.95. The van der Waals surface area contributed by atoms with E-state index in [-0.39, 0.29) is 12.4 Å². The second-order valence-electron chi connectivity index (χ2n) is 4.99. The predicted molar refractivity (Wildman–Crippen MR) is 71.4 cm³/mol. The molecule has 1 saturated heterocycles. The van der Waals surface area contributed by atoms with E-state index in [1.54, 1.807) is 6.07 Å². The molecule has 104 valence electrons. The van der Waals surface area contributed by atoms with Crippen molar-refractivity contribution in [3.05, 3.63) is 34.1 Å². The number of hydrogen-bond donors (Lipinski definition) is 1. The van der Waals surface area contributed by atoms with Gasteiger partial charge in [0.05, 0.1) is 10.1 Å². The van der Waals surface area contributed by atoms with Gasteiger partial charge in [0.15, 0.2) is 0 Å². The predicted octanol–water partition coefficient (Wildman–Crippen LogP) is 2.26. The van der Waals surface area contributed by atoms with Gasteiger partial charge in [0.1, 0.15) is 12.4 Å². The van der Waals surface area contributed by atoms with Gasteiger partial charge in [-0.3, -0.25) is 4.90 Å². The van der Waals surface area contributed by atoms with E-state index in [2.05, 4.69) is 20.8 Å². The molecule has 0 bridgehead atoms. The molecule has 19 heavy (non-hydrogen) atoms. The fourth-order valence-corrected chi connectivity index (χ4v) is 2.64. The van der Waals surface area contributed by atoms with Crippen molar-refractivity contribution in [1.29, 1.82) is 0 Å². The molecule has 1 aromatic rings. The van der Waals surface area contributed by atoms with Gasteiger partial charge in [-0.05, 0) is 34.5 Å². The Morgan fingerprint density at radius 1 is 1.58 bits per heavy atom. The third-order valence-electron chi connectivity index (χ3n) is 3.09. The minimum Gasteiger partial charge on any atom is -0.480 e. The fourth-order valence-electron chi connectivity index (χ4n) is 2.25. The van der Waals surface area contributed by atoms with Crippen LogP contribution in [0, 0.1) is 5.82 Å². The summed E-state index contributed by atoms with van der Waals surface area (Å²) < 4.78 is 19.2. The number of halogens is 2. The first-order chi connectivity index (χ1) is 8.89. The van der Waals surface area contributed by atoms with E-state index in [4.69, 9.17) is 9.84 Å². The summed E-state index contributed by atoms with van der Waals surface area (Å²) >= 11 is 3.23. The molecule has 1 aliphatic rings. The molecule has 0 amide bonds. The summed E-state index contributed by atoms with van der Waals surface area (Å²) in [5, 5.41) is 8.58. The molecule has 1 aromatic carbocycles. The maximum Gasteiger partial charge on any atom is 0.329 e. The van der Waals surface area contributed by atoms with Crippen LogP contribution in [0.4, 0.5) is 4.39 Å². The average molecular weight is 332 g/mol. The Kier molecular flexibility index (Phi) is 4.23. The van der Waals surface area contributed by atoms with Crippen LogP contribution in [0.5, 0.6) is 0 Å². The molecule has 0 spiro atoms. The zero-order chi connectivity index (χ0) is 14.0. The molecular formula is C13H15BrFNO3. The van der Waals surface area contributed by atoms with E-state index in [0.29, 0.717) is 24.1 Å². The normalized spacial score (nSPS) is 18.1. The first-order valence-corrected chi connectivity index (χ1v) is 6.70. The number of carbonyl (C=O) groups is 1.